The first-order valence-electron chi connectivity index (χ1n) is 7.17. The van der Waals surface area contributed by atoms with Crippen molar-refractivity contribution in [3.63, 3.8) is 0 Å². The third kappa shape index (κ3) is 3.55. The topological polar surface area (TPSA) is 77.2 Å². The number of nitrogens with zero attached hydrogens (tertiary/aromatic N) is 2. The summed E-state index contributed by atoms with van der Waals surface area (Å²) in [5, 5.41) is 11.0. The standard InChI is InChI=1S/C17H14ClN3O3/c1-23-13-7-4-6-11(9-13)16-20-21-17(24-16)15(22)19-10-12-5-2-3-8-14(12)18/h2-9H,10H2,1H3,(H,19,22). The van der Waals surface area contributed by atoms with E-state index in [4.69, 9.17) is 20.8 Å². The van der Waals surface area contributed by atoms with Crippen molar-refractivity contribution in [2.24, 2.45) is 0 Å². The van der Waals surface area contributed by atoms with E-state index >= 15 is 0 Å². The van der Waals surface area contributed by atoms with Gasteiger partial charge in [-0.1, -0.05) is 35.9 Å². The number of nitrogens with one attached hydrogen (secondary N) is 1. The van der Waals surface area contributed by atoms with Crippen LogP contribution in [0.1, 0.15) is 16.2 Å². The highest BCUT2D eigenvalue weighted by atomic mass is 35.5. The Morgan fingerprint density at radius 1 is 1.21 bits per heavy atom. The number of benzene rings is 2. The maximum absolute atomic E-state index is 12.1. The number of hydrogen-bond donors (Lipinski definition) is 1. The molecule has 0 bridgehead atoms. The van der Waals surface area contributed by atoms with Crippen LogP contribution in [0.5, 0.6) is 5.75 Å². The smallest absolute Gasteiger partial charge is 0.309 e. The highest BCUT2D eigenvalue weighted by Gasteiger charge is 2.16. The first-order chi connectivity index (χ1) is 11.7. The van der Waals surface area contributed by atoms with Gasteiger partial charge in [-0.3, -0.25) is 4.79 Å². The molecule has 3 rings (SSSR count). The molecule has 0 saturated heterocycles. The Labute approximate surface area is 143 Å². The Hall–Kier alpha value is -2.86. The van der Waals surface area contributed by atoms with Crippen molar-refractivity contribution in [1.82, 2.24) is 15.5 Å². The molecule has 24 heavy (non-hydrogen) atoms. The number of amides is 1. The lowest BCUT2D eigenvalue weighted by atomic mass is 10.2. The largest absolute Gasteiger partial charge is 0.497 e. The summed E-state index contributed by atoms with van der Waals surface area (Å²) in [6.07, 6.45) is 0. The molecule has 0 fully saturated rings. The summed E-state index contributed by atoms with van der Waals surface area (Å²) in [5.74, 6) is 0.337. The Kier molecular flexibility index (Phi) is 4.77. The van der Waals surface area contributed by atoms with Crippen molar-refractivity contribution in [2.75, 3.05) is 7.11 Å². The van der Waals surface area contributed by atoms with E-state index in [0.717, 1.165) is 5.56 Å². The van der Waals surface area contributed by atoms with E-state index in [2.05, 4.69) is 15.5 Å². The maximum atomic E-state index is 12.1. The fraction of sp³-hybridized carbons (Fsp3) is 0.118. The zero-order chi connectivity index (χ0) is 16.9. The molecule has 0 aliphatic rings. The summed E-state index contributed by atoms with van der Waals surface area (Å²) < 4.78 is 10.6. The SMILES string of the molecule is COc1cccc(-c2nnc(C(=O)NCc3ccccc3Cl)o2)c1. The number of carbonyl (C=O) groups excluding carboxylic acids is 1. The number of rotatable bonds is 5. The minimum atomic E-state index is -0.462. The average molecular weight is 344 g/mol. The van der Waals surface area contributed by atoms with Gasteiger partial charge >= 0.3 is 11.8 Å². The second-order valence-electron chi connectivity index (χ2n) is 4.92. The Bertz CT molecular complexity index is 864. The molecule has 2 aromatic carbocycles. The molecule has 0 aliphatic heterocycles. The first kappa shape index (κ1) is 16.0. The van der Waals surface area contributed by atoms with Crippen LogP contribution in [0.3, 0.4) is 0 Å². The van der Waals surface area contributed by atoms with Gasteiger partial charge in [-0.25, -0.2) is 0 Å². The van der Waals surface area contributed by atoms with Gasteiger partial charge in [0.1, 0.15) is 5.75 Å². The molecular formula is C17H14ClN3O3. The molecular weight excluding hydrogens is 330 g/mol. The molecule has 0 spiro atoms. The van der Waals surface area contributed by atoms with Crippen LogP contribution in [0.4, 0.5) is 0 Å². The fourth-order valence-corrected chi connectivity index (χ4v) is 2.28. The minimum Gasteiger partial charge on any atom is -0.497 e. The van der Waals surface area contributed by atoms with E-state index in [9.17, 15) is 4.79 Å². The van der Waals surface area contributed by atoms with Gasteiger partial charge < -0.3 is 14.5 Å². The molecule has 7 heteroatoms. The van der Waals surface area contributed by atoms with Crippen LogP contribution < -0.4 is 10.1 Å². The normalized spacial score (nSPS) is 10.4. The van der Waals surface area contributed by atoms with Crippen LogP contribution in [0.25, 0.3) is 11.5 Å². The van der Waals surface area contributed by atoms with Crippen molar-refractivity contribution < 1.29 is 13.9 Å². The Morgan fingerprint density at radius 3 is 2.83 bits per heavy atom. The van der Waals surface area contributed by atoms with Crippen molar-refractivity contribution in [1.29, 1.82) is 0 Å². The van der Waals surface area contributed by atoms with Crippen LogP contribution in [-0.4, -0.2) is 23.2 Å². The van der Waals surface area contributed by atoms with Crippen LogP contribution in [0.2, 0.25) is 5.02 Å². The highest BCUT2D eigenvalue weighted by molar-refractivity contribution is 6.31. The maximum Gasteiger partial charge on any atom is 0.309 e. The van der Waals surface area contributed by atoms with Gasteiger partial charge in [0.05, 0.1) is 7.11 Å². The minimum absolute atomic E-state index is 0.111. The van der Waals surface area contributed by atoms with Crippen molar-refractivity contribution >= 4 is 17.5 Å². The number of hydrogen-bond acceptors (Lipinski definition) is 5. The quantitative estimate of drug-likeness (QED) is 0.768. The second-order valence-corrected chi connectivity index (χ2v) is 5.33. The number of ether oxygens (including phenoxy) is 1. The zero-order valence-electron chi connectivity index (χ0n) is 12.8. The fourth-order valence-electron chi connectivity index (χ4n) is 2.08. The monoisotopic (exact) mass is 343 g/mol. The number of halogens is 1. The van der Waals surface area contributed by atoms with Gasteiger partial charge in [0.15, 0.2) is 0 Å². The van der Waals surface area contributed by atoms with Crippen LogP contribution in [0, 0.1) is 0 Å². The van der Waals surface area contributed by atoms with E-state index in [1.54, 1.807) is 37.4 Å². The third-order valence-corrected chi connectivity index (χ3v) is 3.70. The molecule has 3 aromatic rings. The lowest BCUT2D eigenvalue weighted by Gasteiger charge is -2.04. The number of aromatic nitrogens is 2. The molecule has 1 aromatic heterocycles. The summed E-state index contributed by atoms with van der Waals surface area (Å²) in [6.45, 7) is 0.273. The third-order valence-electron chi connectivity index (χ3n) is 3.33. The molecule has 0 radical (unpaired) electrons. The molecule has 0 saturated carbocycles. The average Bonchev–Trinajstić information content (AvgIpc) is 3.11. The highest BCUT2D eigenvalue weighted by Crippen LogP contribution is 2.22. The molecule has 0 atom stereocenters. The number of carbonyl (C=O) groups is 1. The van der Waals surface area contributed by atoms with Gasteiger partial charge in [0.2, 0.25) is 5.89 Å². The zero-order valence-corrected chi connectivity index (χ0v) is 13.6. The van der Waals surface area contributed by atoms with Gasteiger partial charge in [0.25, 0.3) is 0 Å². The Morgan fingerprint density at radius 2 is 2.04 bits per heavy atom. The molecule has 1 amide bonds. The van der Waals surface area contributed by atoms with Crippen molar-refractivity contribution in [3.8, 4) is 17.2 Å². The summed E-state index contributed by atoms with van der Waals surface area (Å²) in [7, 11) is 1.57. The molecule has 1 N–H and O–H groups in total. The van der Waals surface area contributed by atoms with Gasteiger partial charge in [-0.15, -0.1) is 10.2 Å². The van der Waals surface area contributed by atoms with Gasteiger partial charge in [0, 0.05) is 17.1 Å². The van der Waals surface area contributed by atoms with Crippen LogP contribution in [0.15, 0.2) is 52.9 Å². The first-order valence-corrected chi connectivity index (χ1v) is 7.54. The Balaban J connectivity index is 1.70. The van der Waals surface area contributed by atoms with Crippen LogP contribution in [-0.2, 0) is 6.54 Å². The number of methoxy groups -OCH3 is 1. The summed E-state index contributed by atoms with van der Waals surface area (Å²) in [5.41, 5.74) is 1.48. The van der Waals surface area contributed by atoms with E-state index in [1.165, 1.54) is 0 Å². The summed E-state index contributed by atoms with van der Waals surface area (Å²) in [6, 6.07) is 14.4. The van der Waals surface area contributed by atoms with Crippen LogP contribution >= 0.6 is 11.6 Å². The summed E-state index contributed by atoms with van der Waals surface area (Å²) in [4.78, 5) is 12.1. The molecule has 0 aliphatic carbocycles. The molecule has 1 heterocycles. The van der Waals surface area contributed by atoms with Crippen molar-refractivity contribution in [3.05, 3.63) is 65.0 Å². The predicted octanol–water partition coefficient (Wildman–Crippen LogP) is 3.33. The van der Waals surface area contributed by atoms with Crippen molar-refractivity contribution in [2.45, 2.75) is 6.54 Å². The second kappa shape index (κ2) is 7.14. The van der Waals surface area contributed by atoms with E-state index in [0.29, 0.717) is 16.3 Å². The van der Waals surface area contributed by atoms with E-state index in [1.807, 2.05) is 18.2 Å². The van der Waals surface area contributed by atoms with E-state index < -0.39 is 5.91 Å². The lowest BCUT2D eigenvalue weighted by molar-refractivity contribution is 0.0917. The summed E-state index contributed by atoms with van der Waals surface area (Å²) >= 11 is 6.05. The van der Waals surface area contributed by atoms with Gasteiger partial charge in [-0.2, -0.15) is 0 Å². The molecule has 6 nitrogen and oxygen atoms in total. The van der Waals surface area contributed by atoms with Gasteiger partial charge in [-0.05, 0) is 29.8 Å². The molecule has 0 unspecified atom stereocenters. The lowest BCUT2D eigenvalue weighted by Crippen LogP contribution is -2.23. The predicted molar refractivity (Wildman–Crippen MR) is 88.9 cm³/mol. The van der Waals surface area contributed by atoms with E-state index in [-0.39, 0.29) is 18.3 Å². The molecule has 122 valence electrons.